The van der Waals surface area contributed by atoms with Crippen LogP contribution in [0.4, 0.5) is 28.8 Å². The SMILES string of the molecule is CC(C)CC(NC(=O)OC(C)(C)C)C(=O)CC1=CC(=O)OC(C)(C)O1.CC(C)CC(NC(=O)OC(C)(C)C)C(=O)n1ccnc1.CC(C)CC(NC(=O)OC(C)(C)C)c1cc(O)cc(=O)o1.CC(C)CCNC(=O)OC(C)(C)C.CC1=CC(=O)OC(C)(C)O1.CCC[C@@H](NC(=O)OC(C)(C)C)/C(N)=C/C1=CC(=O)OC(C)(C)O1.CCC[C@@H](NC(=O)OC(C)(C)C)c1cc(O)cc(=O)o1.Cc1ccccc1.O=C=O.[2H]CI. The Kier molecular flexibility index (Phi) is 60.5. The van der Waals surface area contributed by atoms with Crippen LogP contribution in [0.15, 0.2) is 139 Å². The number of imidazole rings is 1. The highest BCUT2D eigenvalue weighted by Crippen LogP contribution is 2.30. The summed E-state index contributed by atoms with van der Waals surface area (Å²) in [6.45, 7) is 66.4. The van der Waals surface area contributed by atoms with Crippen LogP contribution in [-0.4, -0.2) is 173 Å². The van der Waals surface area contributed by atoms with Gasteiger partial charge in [-0.25, -0.2) is 57.7 Å². The molecule has 5 atom stereocenters. The summed E-state index contributed by atoms with van der Waals surface area (Å²) in [6.07, 6.45) is 11.9. The fourth-order valence-electron chi connectivity index (χ4n) is 11.9. The van der Waals surface area contributed by atoms with E-state index in [1.54, 1.807) is 159 Å². The predicted molar refractivity (Wildman–Crippen MR) is 553 cm³/mol. The van der Waals surface area contributed by atoms with Gasteiger partial charge in [0.2, 0.25) is 17.4 Å². The number of hydrogen-bond acceptors (Lipinski definition) is 33. The average Bonchev–Trinajstić information content (AvgIpc) is 1.05. The van der Waals surface area contributed by atoms with Crippen LogP contribution in [0.25, 0.3) is 0 Å². The van der Waals surface area contributed by atoms with Crippen molar-refractivity contribution in [2.24, 2.45) is 29.4 Å². The van der Waals surface area contributed by atoms with Crippen LogP contribution in [0.2, 0.25) is 0 Å². The molecule has 0 fully saturated rings. The lowest BCUT2D eigenvalue weighted by Gasteiger charge is -2.31. The van der Waals surface area contributed by atoms with Crippen LogP contribution < -0.4 is 48.9 Å². The minimum Gasteiger partial charge on any atom is -0.508 e. The molecule has 0 aliphatic carbocycles. The molecule has 6 heterocycles. The van der Waals surface area contributed by atoms with Crippen molar-refractivity contribution < 1.29 is 140 Å². The van der Waals surface area contributed by atoms with Gasteiger partial charge in [-0.3, -0.25) is 14.2 Å². The first-order valence-electron chi connectivity index (χ1n) is 48.3. The second-order valence-electron chi connectivity index (χ2n) is 42.2. The number of aromatic nitrogens is 2. The van der Waals surface area contributed by atoms with Crippen LogP contribution in [0.3, 0.4) is 0 Å². The zero-order chi connectivity index (χ0) is 114. The molecule has 820 valence electrons. The highest BCUT2D eigenvalue weighted by Gasteiger charge is 2.36. The molecule has 10 N–H and O–H groups in total. The number of aromatic hydroxyl groups is 2. The number of hydrogen-bond donors (Lipinski definition) is 9. The van der Waals surface area contributed by atoms with E-state index in [-0.39, 0.29) is 82.9 Å². The number of alkyl carbamates (subject to hydrolysis) is 6. The summed E-state index contributed by atoms with van der Waals surface area (Å²) in [7, 11) is 0. The molecule has 6 amide bonds. The van der Waals surface area contributed by atoms with Gasteiger partial charge in [-0.2, -0.15) is 9.59 Å². The van der Waals surface area contributed by atoms with E-state index in [2.05, 4.69) is 69.8 Å². The number of amides is 6. The third kappa shape index (κ3) is 72.5. The number of rotatable bonds is 26. The van der Waals surface area contributed by atoms with Crippen LogP contribution in [0.1, 0.15) is 335 Å². The normalized spacial score (nSPS) is 14.9. The number of cyclic esters (lactones) is 3. The number of nitrogens with one attached hydrogen (secondary N) is 6. The second-order valence-corrected chi connectivity index (χ2v) is 42.2. The van der Waals surface area contributed by atoms with Gasteiger partial charge in [-0.1, -0.05) is 141 Å². The van der Waals surface area contributed by atoms with Crippen molar-refractivity contribution in [2.75, 3.05) is 11.5 Å². The van der Waals surface area contributed by atoms with E-state index >= 15 is 0 Å². The maximum absolute atomic E-state index is 12.6. The number of halogens is 1. The van der Waals surface area contributed by atoms with Gasteiger partial charge in [0.15, 0.2) is 5.78 Å². The summed E-state index contributed by atoms with van der Waals surface area (Å²) in [6, 6.07) is 12.0. The van der Waals surface area contributed by atoms with Crippen LogP contribution in [-0.2, 0) is 85.6 Å². The Morgan fingerprint density at radius 2 is 0.855 bits per heavy atom. The van der Waals surface area contributed by atoms with E-state index < -0.39 is 135 Å². The Bertz CT molecular complexity index is 4970. The van der Waals surface area contributed by atoms with Gasteiger partial charge in [0, 0.05) is 85.8 Å². The molecule has 0 spiro atoms. The van der Waals surface area contributed by atoms with Crippen molar-refractivity contribution >= 4 is 94.9 Å². The fourth-order valence-corrected chi connectivity index (χ4v) is 11.9. The number of esters is 3. The predicted octanol–water partition coefficient (Wildman–Crippen LogP) is 20.1. The summed E-state index contributed by atoms with van der Waals surface area (Å²) >= 11 is 1.96. The molecule has 0 bridgehead atoms. The molecule has 0 saturated heterocycles. The highest BCUT2D eigenvalue weighted by atomic mass is 127. The smallest absolute Gasteiger partial charge is 0.408 e. The first kappa shape index (κ1) is 135. The summed E-state index contributed by atoms with van der Waals surface area (Å²) in [5, 5.41) is 34.9. The molecule has 145 heavy (non-hydrogen) atoms. The number of carbonyl (C=O) groups excluding carboxylic acids is 13. The zero-order valence-electron chi connectivity index (χ0n) is 92.8. The van der Waals surface area contributed by atoms with Gasteiger partial charge >= 0.3 is 71.9 Å². The first-order valence-corrected chi connectivity index (χ1v) is 49.1. The summed E-state index contributed by atoms with van der Waals surface area (Å²) in [4.78, 5) is 172. The van der Waals surface area contributed by atoms with Gasteiger partial charge in [0.25, 0.3) is 5.91 Å². The molecule has 0 radical (unpaired) electrons. The molecule has 40 nitrogen and oxygen atoms in total. The fraction of sp³-hybridized carbons (Fsp3) is 0.625. The van der Waals surface area contributed by atoms with E-state index in [1.807, 2.05) is 117 Å². The largest absolute Gasteiger partial charge is 0.508 e. The summed E-state index contributed by atoms with van der Waals surface area (Å²) < 4.78 is 79.8. The van der Waals surface area contributed by atoms with Gasteiger partial charge in [-0.15, -0.1) is 0 Å². The van der Waals surface area contributed by atoms with Crippen molar-refractivity contribution in [3.63, 3.8) is 0 Å². The number of carbonyl (C=O) groups is 11. The summed E-state index contributed by atoms with van der Waals surface area (Å²) in [5.74, 6) is -2.38. The van der Waals surface area contributed by atoms with Crippen molar-refractivity contribution in [3.8, 4) is 11.5 Å². The molecule has 41 heteroatoms. The van der Waals surface area contributed by atoms with E-state index in [0.29, 0.717) is 66.7 Å². The molecular weight excluding hydrogens is 2000 g/mol. The van der Waals surface area contributed by atoms with Gasteiger partial charge < -0.3 is 114 Å². The van der Waals surface area contributed by atoms with E-state index in [9.17, 15) is 72.5 Å². The zero-order valence-corrected chi connectivity index (χ0v) is 94.0. The quantitative estimate of drug-likeness (QED) is 0.0122. The van der Waals surface area contributed by atoms with Crippen LogP contribution >= 0.6 is 22.6 Å². The Labute approximate surface area is 870 Å². The topological polar surface area (TPSA) is 550 Å². The highest BCUT2D eigenvalue weighted by molar-refractivity contribution is 14.1. The molecular formula is C104H166IN9O31. The lowest BCUT2D eigenvalue weighted by Crippen LogP contribution is -2.45. The van der Waals surface area contributed by atoms with Gasteiger partial charge in [0.05, 0.1) is 60.9 Å². The number of benzene rings is 1. The van der Waals surface area contributed by atoms with Crippen LogP contribution in [0.5, 0.6) is 11.5 Å². The molecule has 4 aromatic rings. The molecule has 0 saturated carbocycles. The molecule has 3 aliphatic rings. The molecule has 3 aliphatic heterocycles. The number of aryl methyl sites for hydroxylation is 1. The molecule has 3 aromatic heterocycles. The summed E-state index contributed by atoms with van der Waals surface area (Å²) in [5.41, 5.74) is 3.00. The second kappa shape index (κ2) is 65.1. The van der Waals surface area contributed by atoms with Crippen molar-refractivity contribution in [1.29, 1.82) is 0 Å². The third-order valence-corrected chi connectivity index (χ3v) is 16.8. The maximum Gasteiger partial charge on any atom is 0.408 e. The number of alkyl halides is 1. The lowest BCUT2D eigenvalue weighted by atomic mass is 9.98. The first-order chi connectivity index (χ1) is 66.7. The Morgan fingerprint density at radius 1 is 0.490 bits per heavy atom. The number of nitrogens with two attached hydrogens (primary N) is 1. The minimum atomic E-state index is -1.12. The monoisotopic (exact) mass is 2170 g/mol. The molecule has 1 aromatic carbocycles. The number of Topliss-reactive ketones (excluding diaryl/α,β-unsaturated/α-hetero) is 1. The average molecular weight is 2170 g/mol. The minimum absolute atomic E-state index is 0.105. The number of ether oxygens (including phenoxy) is 12. The van der Waals surface area contributed by atoms with Crippen molar-refractivity contribution in [2.45, 2.75) is 388 Å². The molecule has 3 unspecified atom stereocenters. The van der Waals surface area contributed by atoms with Crippen molar-refractivity contribution in [3.05, 3.63) is 159 Å². The van der Waals surface area contributed by atoms with Gasteiger partial charge in [0.1, 0.15) is 86.3 Å². The van der Waals surface area contributed by atoms with E-state index in [1.165, 1.54) is 53.0 Å². The maximum atomic E-state index is 12.6. The standard InChI is InChI=1S/C18H29NO6.C17H28N2O5.C15H23NO5.C14H23N3O3.C14H21NO5.C10H21NO2.C7H10O3.C7H8.CH3I.CO2/c1-11(2)8-13(19-16(22)25-17(3,4)5)14(20)9-12-10-15(21)24-18(6,7)23-12;1-7-8-13(19-15(21)24-16(2,3)4)12(18)9-11-10-14(20)23-17(5,6)22-11;1-9(2)6-11(16-14(19)21-15(3,4)5)12-7-10(17)8-13(18)20-12;1-10(2)8-11(12(18)17-7-6-15-9-17)16-13(19)20-14(3,4)5;1-5-6-10(15-13(18)20-14(2,3)4)11-7-9(16)8-12(17)19-11;1-8(2)6-7-11-9(12)13-10(3,4)5;1-5-4-6(8)10-7(2,3)9-5;1-7-5-3-2-4-6-7;1-2;2-1-3/h10-11,13H,8-9H2,1-7H3,(H,19,22);9-10,13H,7-8,18H2,1-6H3,(H,19,21);7-9,11,17H,6H2,1-5H3,(H,16,19);6-7,9-11H,8H2,1-5H3,(H,16,19);7-8,10,16H,5-6H2,1-4H3,(H,15,18);8H,6-7H2,1-5H3,(H,11,12);4H,1-3H3;2-6H,1H3;1H3;/b;12-9-;;;;;;;;/t;13-;;;10-;;;;;/m.1..1...../s1/i;;;;;;;;1D;. The number of nitrogens with zero attached hydrogens (tertiary/aromatic N) is 2. The Hall–Kier alpha value is -12.4. The number of ketones is 1. The Morgan fingerprint density at radius 3 is 1.21 bits per heavy atom. The lowest BCUT2D eigenvalue weighted by molar-refractivity contribution is -0.206. The van der Waals surface area contributed by atoms with Gasteiger partial charge in [-0.05, 0) is 206 Å². The third-order valence-electron chi connectivity index (χ3n) is 16.8. The van der Waals surface area contributed by atoms with E-state index in [4.69, 9.17) is 82.4 Å². The van der Waals surface area contributed by atoms with Crippen LogP contribution in [0, 0.1) is 30.6 Å². The number of allylic oxidation sites excluding steroid dienone is 3. The molecule has 7 rings (SSSR count). The Balaban J connectivity index is -0.00000162. The van der Waals surface area contributed by atoms with E-state index in [0.717, 1.165) is 37.5 Å². The van der Waals surface area contributed by atoms with Crippen molar-refractivity contribution in [1.82, 2.24) is 41.5 Å².